The highest BCUT2D eigenvalue weighted by Crippen LogP contribution is 2.25. The smallest absolute Gasteiger partial charge is 0.332 e. The Kier molecular flexibility index (Phi) is 4.28. The monoisotopic (exact) mass is 273 g/mol. The fraction of sp³-hybridized carbons (Fsp3) is 0. The average molecular weight is 273 g/mol. The number of nitrogens with two attached hydrogens (primary N) is 1. The predicted molar refractivity (Wildman–Crippen MR) is 73.2 cm³/mol. The molecule has 2 aromatic carbocycles. The van der Waals surface area contributed by atoms with Crippen LogP contribution >= 0.6 is 0 Å². The molecule has 0 aliphatic rings. The van der Waals surface area contributed by atoms with Crippen LogP contribution in [0.25, 0.3) is 0 Å². The van der Waals surface area contributed by atoms with Crippen molar-refractivity contribution in [2.24, 2.45) is 10.8 Å². The molecule has 2 aromatic rings. The van der Waals surface area contributed by atoms with Crippen LogP contribution < -0.4 is 15.9 Å². The van der Waals surface area contributed by atoms with Gasteiger partial charge < -0.3 is 10.5 Å². The normalized spacial score (nSPS) is 10.4. The molecule has 20 heavy (non-hydrogen) atoms. The van der Waals surface area contributed by atoms with Crippen molar-refractivity contribution >= 4 is 12.2 Å². The molecular formula is C14H12FN3O2. The Hall–Kier alpha value is -2.89. The molecule has 5 nitrogen and oxygen atoms in total. The summed E-state index contributed by atoms with van der Waals surface area (Å²) in [5.74, 6) is 0.415. The summed E-state index contributed by atoms with van der Waals surface area (Å²) >= 11 is 0. The Morgan fingerprint density at radius 1 is 1.25 bits per heavy atom. The van der Waals surface area contributed by atoms with E-state index in [9.17, 15) is 9.18 Å². The van der Waals surface area contributed by atoms with Crippen LogP contribution in [0.5, 0.6) is 11.5 Å². The number of hydrogen-bond acceptors (Lipinski definition) is 3. The summed E-state index contributed by atoms with van der Waals surface area (Å²) in [5.41, 5.74) is 7.45. The Morgan fingerprint density at radius 3 is 2.70 bits per heavy atom. The van der Waals surface area contributed by atoms with Crippen molar-refractivity contribution in [3.05, 3.63) is 59.9 Å². The molecule has 0 saturated carbocycles. The lowest BCUT2D eigenvalue weighted by molar-refractivity contribution is 0.249. The van der Waals surface area contributed by atoms with Gasteiger partial charge in [-0.05, 0) is 24.3 Å². The maximum atomic E-state index is 13.3. The van der Waals surface area contributed by atoms with E-state index >= 15 is 0 Å². The van der Waals surface area contributed by atoms with Gasteiger partial charge in [0.15, 0.2) is 0 Å². The molecule has 0 radical (unpaired) electrons. The molecule has 0 fully saturated rings. The van der Waals surface area contributed by atoms with Gasteiger partial charge >= 0.3 is 6.03 Å². The highest BCUT2D eigenvalue weighted by molar-refractivity contribution is 5.84. The van der Waals surface area contributed by atoms with Crippen molar-refractivity contribution in [1.29, 1.82) is 0 Å². The highest BCUT2D eigenvalue weighted by atomic mass is 19.1. The van der Waals surface area contributed by atoms with Crippen LogP contribution in [0.4, 0.5) is 9.18 Å². The fourth-order valence-electron chi connectivity index (χ4n) is 1.48. The molecule has 0 aliphatic carbocycles. The molecular weight excluding hydrogens is 261 g/mol. The molecule has 0 unspecified atom stereocenters. The summed E-state index contributed by atoms with van der Waals surface area (Å²) in [6.45, 7) is 0. The topological polar surface area (TPSA) is 76.7 Å². The number of benzene rings is 2. The summed E-state index contributed by atoms with van der Waals surface area (Å²) in [5, 5.41) is 3.62. The van der Waals surface area contributed by atoms with E-state index in [-0.39, 0.29) is 5.75 Å². The molecule has 3 N–H and O–H groups in total. The van der Waals surface area contributed by atoms with E-state index in [1.165, 1.54) is 24.4 Å². The van der Waals surface area contributed by atoms with Crippen LogP contribution in [0, 0.1) is 5.82 Å². The minimum Gasteiger partial charge on any atom is -0.457 e. The quantitative estimate of drug-likeness (QED) is 0.663. The maximum Gasteiger partial charge on any atom is 0.332 e. The molecule has 0 saturated heterocycles. The minimum absolute atomic E-state index is 0.284. The molecule has 2 amide bonds. The fourth-order valence-corrected chi connectivity index (χ4v) is 1.48. The third-order valence-corrected chi connectivity index (χ3v) is 2.33. The number of amides is 2. The number of hydrogen-bond donors (Lipinski definition) is 2. The molecule has 0 atom stereocenters. The van der Waals surface area contributed by atoms with E-state index in [1.807, 2.05) is 6.07 Å². The second kappa shape index (κ2) is 6.33. The Labute approximate surface area is 114 Å². The van der Waals surface area contributed by atoms with Crippen molar-refractivity contribution in [2.45, 2.75) is 0 Å². The second-order valence-electron chi connectivity index (χ2n) is 3.83. The third kappa shape index (κ3) is 3.81. The van der Waals surface area contributed by atoms with E-state index in [0.717, 1.165) is 0 Å². The Bertz CT molecular complexity index is 630. The minimum atomic E-state index is -0.783. The first kappa shape index (κ1) is 13.5. The van der Waals surface area contributed by atoms with Gasteiger partial charge in [0, 0.05) is 11.6 Å². The number of nitrogens with zero attached hydrogens (tertiary/aromatic N) is 1. The number of para-hydroxylation sites is 1. The molecule has 6 heteroatoms. The lowest BCUT2D eigenvalue weighted by Crippen LogP contribution is -2.24. The van der Waals surface area contributed by atoms with Crippen LogP contribution in [-0.4, -0.2) is 12.2 Å². The SMILES string of the molecule is NC(=O)NN=Cc1ccc(F)cc1Oc1ccccc1. The number of nitrogens with one attached hydrogen (secondary N) is 1. The number of carbonyl (C=O) groups excluding carboxylic acids is 1. The molecule has 0 heterocycles. The molecule has 0 bridgehead atoms. The van der Waals surface area contributed by atoms with Crippen LogP contribution in [0.15, 0.2) is 53.6 Å². The van der Waals surface area contributed by atoms with E-state index < -0.39 is 11.8 Å². The van der Waals surface area contributed by atoms with Crippen molar-refractivity contribution < 1.29 is 13.9 Å². The number of hydrazone groups is 1. The molecule has 0 aliphatic heterocycles. The molecule has 2 rings (SSSR count). The van der Waals surface area contributed by atoms with Gasteiger partial charge in [-0.15, -0.1) is 0 Å². The van der Waals surface area contributed by atoms with Gasteiger partial charge in [0.1, 0.15) is 17.3 Å². The third-order valence-electron chi connectivity index (χ3n) is 2.33. The summed E-state index contributed by atoms with van der Waals surface area (Å²) in [6.07, 6.45) is 1.32. The lowest BCUT2D eigenvalue weighted by Gasteiger charge is -2.08. The van der Waals surface area contributed by atoms with E-state index in [4.69, 9.17) is 10.5 Å². The molecule has 0 aromatic heterocycles. The zero-order valence-electron chi connectivity index (χ0n) is 10.4. The van der Waals surface area contributed by atoms with E-state index in [2.05, 4.69) is 10.5 Å². The van der Waals surface area contributed by atoms with Crippen LogP contribution in [0.1, 0.15) is 5.56 Å². The summed E-state index contributed by atoms with van der Waals surface area (Å²) in [4.78, 5) is 10.5. The van der Waals surface area contributed by atoms with Gasteiger partial charge in [0.2, 0.25) is 0 Å². The highest BCUT2D eigenvalue weighted by Gasteiger charge is 2.05. The van der Waals surface area contributed by atoms with Gasteiger partial charge in [-0.1, -0.05) is 18.2 Å². The Balaban J connectivity index is 2.24. The number of rotatable bonds is 4. The van der Waals surface area contributed by atoms with Crippen molar-refractivity contribution in [3.63, 3.8) is 0 Å². The molecule has 0 spiro atoms. The summed E-state index contributed by atoms with van der Waals surface area (Å²) in [6, 6.07) is 12.1. The summed E-state index contributed by atoms with van der Waals surface area (Å²) in [7, 11) is 0. The van der Waals surface area contributed by atoms with Crippen molar-refractivity contribution in [2.75, 3.05) is 0 Å². The zero-order valence-corrected chi connectivity index (χ0v) is 10.4. The van der Waals surface area contributed by atoms with Gasteiger partial charge in [0.25, 0.3) is 0 Å². The van der Waals surface area contributed by atoms with Gasteiger partial charge in [-0.3, -0.25) is 0 Å². The maximum absolute atomic E-state index is 13.3. The first-order valence-corrected chi connectivity index (χ1v) is 5.76. The number of urea groups is 1. The van der Waals surface area contributed by atoms with Crippen LogP contribution in [0.2, 0.25) is 0 Å². The predicted octanol–water partition coefficient (Wildman–Crippen LogP) is 2.62. The first-order chi connectivity index (χ1) is 9.65. The van der Waals surface area contributed by atoms with E-state index in [1.54, 1.807) is 24.3 Å². The largest absolute Gasteiger partial charge is 0.457 e. The first-order valence-electron chi connectivity index (χ1n) is 5.76. The van der Waals surface area contributed by atoms with E-state index in [0.29, 0.717) is 11.3 Å². The average Bonchev–Trinajstić information content (AvgIpc) is 2.42. The van der Waals surface area contributed by atoms with Crippen molar-refractivity contribution in [1.82, 2.24) is 5.43 Å². The van der Waals surface area contributed by atoms with Gasteiger partial charge in [-0.2, -0.15) is 5.10 Å². The standard InChI is InChI=1S/C14H12FN3O2/c15-11-7-6-10(9-17-18-14(16)19)13(8-11)20-12-4-2-1-3-5-12/h1-9H,(H3,16,18,19). The number of halogens is 1. The summed E-state index contributed by atoms with van der Waals surface area (Å²) < 4.78 is 18.9. The molecule has 102 valence electrons. The number of ether oxygens (including phenoxy) is 1. The lowest BCUT2D eigenvalue weighted by atomic mass is 10.2. The number of carbonyl (C=O) groups is 1. The van der Waals surface area contributed by atoms with Gasteiger partial charge in [0.05, 0.1) is 6.21 Å². The van der Waals surface area contributed by atoms with Gasteiger partial charge in [-0.25, -0.2) is 14.6 Å². The van der Waals surface area contributed by atoms with Crippen molar-refractivity contribution in [3.8, 4) is 11.5 Å². The second-order valence-corrected chi connectivity index (χ2v) is 3.83. The zero-order chi connectivity index (χ0) is 14.4. The number of primary amides is 1. The van der Waals surface area contributed by atoms with Crippen LogP contribution in [0.3, 0.4) is 0 Å². The Morgan fingerprint density at radius 2 is 2.00 bits per heavy atom. The van der Waals surface area contributed by atoms with Crippen LogP contribution in [-0.2, 0) is 0 Å².